The summed E-state index contributed by atoms with van der Waals surface area (Å²) in [5, 5.41) is 3.22. The molecule has 1 amide bonds. The summed E-state index contributed by atoms with van der Waals surface area (Å²) in [6.07, 6.45) is 6.20. The van der Waals surface area contributed by atoms with Crippen molar-refractivity contribution in [2.24, 2.45) is 5.92 Å². The van der Waals surface area contributed by atoms with E-state index in [4.69, 9.17) is 0 Å². The van der Waals surface area contributed by atoms with E-state index in [1.165, 1.54) is 12.7 Å². The smallest absolute Gasteiger partial charge is 0.233 e. The van der Waals surface area contributed by atoms with Crippen LogP contribution < -0.4 is 5.32 Å². The molecule has 2 fully saturated rings. The van der Waals surface area contributed by atoms with Gasteiger partial charge in [0.1, 0.15) is 0 Å². The number of benzene rings is 1. The SMILES string of the molecule is CNC[C@H]1CCCN(C(=O)C2(c3ccc(S(C)(=O)=O)cc3)CCC2)C1. The minimum atomic E-state index is -3.21. The van der Waals surface area contributed by atoms with Gasteiger partial charge in [-0.1, -0.05) is 18.6 Å². The first-order chi connectivity index (χ1) is 11.9. The molecule has 2 aliphatic rings. The number of amides is 1. The lowest BCUT2D eigenvalue weighted by atomic mass is 9.63. The van der Waals surface area contributed by atoms with Crippen LogP contribution in [0, 0.1) is 5.92 Å². The summed E-state index contributed by atoms with van der Waals surface area (Å²) in [5.74, 6) is 0.749. The van der Waals surface area contributed by atoms with E-state index < -0.39 is 15.3 Å². The molecule has 1 aromatic rings. The molecule has 138 valence electrons. The molecule has 1 heterocycles. The van der Waals surface area contributed by atoms with Gasteiger partial charge in [0, 0.05) is 19.3 Å². The summed E-state index contributed by atoms with van der Waals surface area (Å²) >= 11 is 0. The Labute approximate surface area is 150 Å². The quantitative estimate of drug-likeness (QED) is 0.867. The third-order valence-electron chi connectivity index (χ3n) is 5.75. The summed E-state index contributed by atoms with van der Waals surface area (Å²) in [7, 11) is -1.25. The molecule has 0 unspecified atom stereocenters. The van der Waals surface area contributed by atoms with Crippen LogP contribution in [0.4, 0.5) is 0 Å². The Kier molecular flexibility index (Phi) is 5.21. The molecule has 1 saturated carbocycles. The molecule has 0 radical (unpaired) electrons. The molecule has 0 aromatic heterocycles. The molecule has 25 heavy (non-hydrogen) atoms. The third kappa shape index (κ3) is 3.60. The second-order valence-electron chi connectivity index (χ2n) is 7.55. The van der Waals surface area contributed by atoms with Crippen LogP contribution in [0.2, 0.25) is 0 Å². The van der Waals surface area contributed by atoms with Gasteiger partial charge in [0.2, 0.25) is 5.91 Å². The van der Waals surface area contributed by atoms with Crippen LogP contribution in [0.25, 0.3) is 0 Å². The topological polar surface area (TPSA) is 66.5 Å². The van der Waals surface area contributed by atoms with Gasteiger partial charge in [-0.15, -0.1) is 0 Å². The Bertz CT molecular complexity index is 722. The van der Waals surface area contributed by atoms with Crippen LogP contribution in [-0.4, -0.2) is 52.2 Å². The lowest BCUT2D eigenvalue weighted by Gasteiger charge is -2.46. The Morgan fingerprint density at radius 2 is 1.92 bits per heavy atom. The monoisotopic (exact) mass is 364 g/mol. The van der Waals surface area contributed by atoms with Crippen molar-refractivity contribution in [3.8, 4) is 0 Å². The van der Waals surface area contributed by atoms with E-state index >= 15 is 0 Å². The van der Waals surface area contributed by atoms with Crippen molar-refractivity contribution in [3.63, 3.8) is 0 Å². The maximum Gasteiger partial charge on any atom is 0.233 e. The first-order valence-corrected chi connectivity index (χ1v) is 11.0. The summed E-state index contributed by atoms with van der Waals surface area (Å²) in [6, 6.07) is 6.95. The van der Waals surface area contributed by atoms with E-state index in [9.17, 15) is 13.2 Å². The fourth-order valence-electron chi connectivity index (χ4n) is 4.18. The van der Waals surface area contributed by atoms with Crippen LogP contribution in [0.5, 0.6) is 0 Å². The Morgan fingerprint density at radius 3 is 2.44 bits per heavy atom. The average molecular weight is 365 g/mol. The highest BCUT2D eigenvalue weighted by molar-refractivity contribution is 7.90. The molecule has 6 heteroatoms. The molecule has 1 saturated heterocycles. The zero-order valence-corrected chi connectivity index (χ0v) is 15.9. The van der Waals surface area contributed by atoms with Crippen molar-refractivity contribution < 1.29 is 13.2 Å². The average Bonchev–Trinajstić information content (AvgIpc) is 2.54. The minimum Gasteiger partial charge on any atom is -0.342 e. The number of piperidine rings is 1. The van der Waals surface area contributed by atoms with Gasteiger partial charge in [-0.05, 0) is 62.9 Å². The molecule has 3 rings (SSSR count). The molecular formula is C19H28N2O3S. The summed E-state index contributed by atoms with van der Waals surface area (Å²) in [5.41, 5.74) is 0.518. The van der Waals surface area contributed by atoms with Gasteiger partial charge >= 0.3 is 0 Å². The third-order valence-corrected chi connectivity index (χ3v) is 6.88. The number of hydrogen-bond donors (Lipinski definition) is 1. The predicted octanol–water partition coefficient (Wildman–Crippen LogP) is 1.97. The lowest BCUT2D eigenvalue weighted by molar-refractivity contribution is -0.142. The van der Waals surface area contributed by atoms with Crippen molar-refractivity contribution in [1.29, 1.82) is 0 Å². The van der Waals surface area contributed by atoms with Gasteiger partial charge in [-0.2, -0.15) is 0 Å². The second-order valence-corrected chi connectivity index (χ2v) is 9.57. The number of nitrogens with zero attached hydrogens (tertiary/aromatic N) is 1. The Balaban J connectivity index is 1.81. The van der Waals surface area contributed by atoms with Gasteiger partial charge in [0.15, 0.2) is 9.84 Å². The minimum absolute atomic E-state index is 0.228. The number of carbonyl (C=O) groups excluding carboxylic acids is 1. The molecule has 1 N–H and O–H groups in total. The molecule has 0 bridgehead atoms. The fraction of sp³-hybridized carbons (Fsp3) is 0.632. The first-order valence-electron chi connectivity index (χ1n) is 9.11. The van der Waals surface area contributed by atoms with Crippen LogP contribution in [0.15, 0.2) is 29.2 Å². The van der Waals surface area contributed by atoms with E-state index in [2.05, 4.69) is 5.32 Å². The number of carbonyl (C=O) groups is 1. The highest BCUT2D eigenvalue weighted by atomic mass is 32.2. The van der Waals surface area contributed by atoms with E-state index in [0.29, 0.717) is 10.8 Å². The molecule has 1 aromatic carbocycles. The van der Waals surface area contributed by atoms with Crippen LogP contribution >= 0.6 is 0 Å². The van der Waals surface area contributed by atoms with Crippen molar-refractivity contribution in [1.82, 2.24) is 10.2 Å². The zero-order chi connectivity index (χ0) is 18.1. The number of rotatable bonds is 5. The van der Waals surface area contributed by atoms with Gasteiger partial charge < -0.3 is 10.2 Å². The van der Waals surface area contributed by atoms with Crippen molar-refractivity contribution in [3.05, 3.63) is 29.8 Å². The standard InChI is InChI=1S/C19H28N2O3S/c1-20-13-15-5-3-12-21(14-15)18(22)19(10-4-11-19)16-6-8-17(9-7-16)25(2,23)24/h6-9,15,20H,3-5,10-14H2,1-2H3/t15-/m1/s1. The van der Waals surface area contributed by atoms with Crippen molar-refractivity contribution in [2.75, 3.05) is 32.9 Å². The number of sulfone groups is 1. The molecular weight excluding hydrogens is 336 g/mol. The van der Waals surface area contributed by atoms with Crippen LogP contribution in [-0.2, 0) is 20.0 Å². The zero-order valence-electron chi connectivity index (χ0n) is 15.1. The highest BCUT2D eigenvalue weighted by Gasteiger charge is 2.48. The molecule has 1 atom stereocenters. The van der Waals surface area contributed by atoms with Gasteiger partial charge in [-0.25, -0.2) is 8.42 Å². The molecule has 5 nitrogen and oxygen atoms in total. The number of nitrogens with one attached hydrogen (secondary N) is 1. The van der Waals surface area contributed by atoms with Crippen LogP contribution in [0.1, 0.15) is 37.7 Å². The lowest BCUT2D eigenvalue weighted by Crippen LogP contribution is -2.54. The summed E-state index contributed by atoms with van der Waals surface area (Å²) in [6.45, 7) is 2.60. The van der Waals surface area contributed by atoms with Gasteiger partial charge in [0.25, 0.3) is 0 Å². The van der Waals surface area contributed by atoms with Gasteiger partial charge in [-0.3, -0.25) is 4.79 Å². The molecule has 1 aliphatic heterocycles. The number of likely N-dealkylation sites (tertiary alicyclic amines) is 1. The summed E-state index contributed by atoms with van der Waals surface area (Å²) in [4.78, 5) is 15.7. The van der Waals surface area contributed by atoms with Crippen LogP contribution in [0.3, 0.4) is 0 Å². The normalized spacial score (nSPS) is 23.1. The predicted molar refractivity (Wildman–Crippen MR) is 98.3 cm³/mol. The number of hydrogen-bond acceptors (Lipinski definition) is 4. The van der Waals surface area contributed by atoms with E-state index in [1.807, 2.05) is 24.1 Å². The van der Waals surface area contributed by atoms with Gasteiger partial charge in [0.05, 0.1) is 10.3 Å². The first kappa shape index (κ1) is 18.4. The molecule has 1 aliphatic carbocycles. The Hall–Kier alpha value is -1.40. The fourth-order valence-corrected chi connectivity index (χ4v) is 4.82. The maximum atomic E-state index is 13.3. The maximum absolute atomic E-state index is 13.3. The highest BCUT2D eigenvalue weighted by Crippen LogP contribution is 2.45. The molecule has 0 spiro atoms. The van der Waals surface area contributed by atoms with E-state index in [0.717, 1.165) is 50.9 Å². The second kappa shape index (κ2) is 7.08. The van der Waals surface area contributed by atoms with E-state index in [1.54, 1.807) is 12.1 Å². The van der Waals surface area contributed by atoms with Crippen molar-refractivity contribution >= 4 is 15.7 Å². The largest absolute Gasteiger partial charge is 0.342 e. The Morgan fingerprint density at radius 1 is 1.24 bits per heavy atom. The summed E-state index contributed by atoms with van der Waals surface area (Å²) < 4.78 is 23.4. The van der Waals surface area contributed by atoms with E-state index in [-0.39, 0.29) is 5.91 Å². The van der Waals surface area contributed by atoms with Crippen molar-refractivity contribution in [2.45, 2.75) is 42.4 Å².